The average molecular weight is 311 g/mol. The van der Waals surface area contributed by atoms with E-state index in [1.54, 1.807) is 10.4 Å². The minimum atomic E-state index is -3.48. The van der Waals surface area contributed by atoms with Crippen LogP contribution >= 0.6 is 0 Å². The van der Waals surface area contributed by atoms with Crippen molar-refractivity contribution < 1.29 is 13.2 Å². The Morgan fingerprint density at radius 2 is 1.81 bits per heavy atom. The molecule has 5 heteroatoms. The van der Waals surface area contributed by atoms with Crippen LogP contribution in [0.3, 0.4) is 0 Å². The molecule has 0 aromatic heterocycles. The van der Waals surface area contributed by atoms with Crippen LogP contribution < -0.4 is 4.74 Å². The van der Waals surface area contributed by atoms with E-state index in [4.69, 9.17) is 4.74 Å². The van der Waals surface area contributed by atoms with Crippen molar-refractivity contribution >= 4 is 10.0 Å². The fourth-order valence-electron chi connectivity index (χ4n) is 2.74. The normalized spacial score (nSPS) is 21.0. The second kappa shape index (κ2) is 6.36. The maximum absolute atomic E-state index is 12.9. The molecule has 2 rings (SSSR count). The fraction of sp³-hybridized carbons (Fsp3) is 0.625. The summed E-state index contributed by atoms with van der Waals surface area (Å²) in [6.07, 6.45) is 2.94. The molecule has 1 aliphatic heterocycles. The molecule has 1 atom stereocenters. The largest absolute Gasteiger partial charge is 0.495 e. The van der Waals surface area contributed by atoms with E-state index in [1.807, 2.05) is 19.9 Å². The zero-order chi connectivity index (χ0) is 15.6. The van der Waals surface area contributed by atoms with Crippen molar-refractivity contribution in [1.29, 1.82) is 0 Å². The predicted octanol–water partition coefficient (Wildman–Crippen LogP) is 3.12. The van der Waals surface area contributed by atoms with Crippen molar-refractivity contribution in [2.75, 3.05) is 20.2 Å². The van der Waals surface area contributed by atoms with E-state index in [2.05, 4.69) is 6.92 Å². The molecule has 1 aromatic carbocycles. The Labute approximate surface area is 128 Å². The number of methoxy groups -OCH3 is 1. The van der Waals surface area contributed by atoms with E-state index < -0.39 is 10.0 Å². The lowest BCUT2D eigenvalue weighted by Gasteiger charge is -2.22. The first-order chi connectivity index (χ1) is 9.86. The second-order valence-electron chi connectivity index (χ2n) is 6.03. The molecule has 0 spiro atoms. The van der Waals surface area contributed by atoms with Gasteiger partial charge in [0.25, 0.3) is 0 Å². The highest BCUT2D eigenvalue weighted by atomic mass is 32.2. The van der Waals surface area contributed by atoms with Gasteiger partial charge in [0.15, 0.2) is 0 Å². The van der Waals surface area contributed by atoms with E-state index in [-0.39, 0.29) is 0 Å². The van der Waals surface area contributed by atoms with E-state index >= 15 is 0 Å². The predicted molar refractivity (Wildman–Crippen MR) is 84.2 cm³/mol. The Balaban J connectivity index is 2.41. The van der Waals surface area contributed by atoms with Crippen LogP contribution in [0.15, 0.2) is 17.0 Å². The van der Waals surface area contributed by atoms with E-state index in [1.165, 1.54) is 7.11 Å². The third-order valence-electron chi connectivity index (χ3n) is 4.37. The highest BCUT2D eigenvalue weighted by Gasteiger charge is 2.29. The van der Waals surface area contributed by atoms with Gasteiger partial charge in [-0.15, -0.1) is 0 Å². The molecule has 0 bridgehead atoms. The van der Waals surface area contributed by atoms with Gasteiger partial charge in [0.2, 0.25) is 10.0 Å². The lowest BCUT2D eigenvalue weighted by molar-refractivity contribution is 0.389. The van der Waals surface area contributed by atoms with E-state index in [9.17, 15) is 8.42 Å². The van der Waals surface area contributed by atoms with Crippen molar-refractivity contribution in [3.8, 4) is 5.75 Å². The Morgan fingerprint density at radius 3 is 2.48 bits per heavy atom. The zero-order valence-electron chi connectivity index (χ0n) is 13.3. The molecule has 118 valence electrons. The fourth-order valence-corrected chi connectivity index (χ4v) is 4.46. The Hall–Kier alpha value is -1.07. The van der Waals surface area contributed by atoms with Crippen molar-refractivity contribution in [2.45, 2.75) is 44.9 Å². The summed E-state index contributed by atoms with van der Waals surface area (Å²) in [4.78, 5) is 0.294. The molecule has 0 N–H and O–H groups in total. The summed E-state index contributed by atoms with van der Waals surface area (Å²) in [6.45, 7) is 7.27. The molecule has 1 unspecified atom stereocenters. The SMILES string of the molecule is COc1cc(C)c(C)cc1S(=O)(=O)N1CCCC(C)CC1. The summed E-state index contributed by atoms with van der Waals surface area (Å²) < 4.78 is 32.8. The van der Waals surface area contributed by atoms with Gasteiger partial charge in [0, 0.05) is 13.1 Å². The van der Waals surface area contributed by atoms with Crippen molar-refractivity contribution in [1.82, 2.24) is 4.31 Å². The summed E-state index contributed by atoms with van der Waals surface area (Å²) in [5, 5.41) is 0. The smallest absolute Gasteiger partial charge is 0.246 e. The highest BCUT2D eigenvalue weighted by molar-refractivity contribution is 7.89. The molecule has 0 amide bonds. The number of hydrogen-bond donors (Lipinski definition) is 0. The molecule has 1 heterocycles. The van der Waals surface area contributed by atoms with Crippen LogP contribution in [-0.4, -0.2) is 32.9 Å². The van der Waals surface area contributed by atoms with Crippen LogP contribution in [0.1, 0.15) is 37.3 Å². The molecule has 1 aliphatic rings. The third kappa shape index (κ3) is 3.40. The maximum Gasteiger partial charge on any atom is 0.246 e. The van der Waals surface area contributed by atoms with Crippen LogP contribution in [0.2, 0.25) is 0 Å². The number of ether oxygens (including phenoxy) is 1. The van der Waals surface area contributed by atoms with Gasteiger partial charge in [-0.25, -0.2) is 8.42 Å². The monoisotopic (exact) mass is 311 g/mol. The number of aryl methyl sites for hydroxylation is 2. The highest BCUT2D eigenvalue weighted by Crippen LogP contribution is 2.31. The molecule has 1 fully saturated rings. The molecular formula is C16H25NO3S. The van der Waals surface area contributed by atoms with Gasteiger partial charge in [-0.3, -0.25) is 0 Å². The van der Waals surface area contributed by atoms with Gasteiger partial charge < -0.3 is 4.74 Å². The lowest BCUT2D eigenvalue weighted by Crippen LogP contribution is -2.32. The number of sulfonamides is 1. The summed E-state index contributed by atoms with van der Waals surface area (Å²) in [5.41, 5.74) is 2.01. The Kier molecular flexibility index (Phi) is 4.94. The van der Waals surface area contributed by atoms with E-state index in [0.717, 1.165) is 30.4 Å². The van der Waals surface area contributed by atoms with Crippen LogP contribution in [0.25, 0.3) is 0 Å². The number of hydrogen-bond acceptors (Lipinski definition) is 3. The molecule has 0 saturated carbocycles. The van der Waals surface area contributed by atoms with Gasteiger partial charge in [-0.1, -0.05) is 6.92 Å². The number of benzene rings is 1. The van der Waals surface area contributed by atoms with Crippen molar-refractivity contribution in [2.24, 2.45) is 5.92 Å². The minimum absolute atomic E-state index is 0.294. The topological polar surface area (TPSA) is 46.6 Å². The van der Waals surface area contributed by atoms with Crippen LogP contribution in [0, 0.1) is 19.8 Å². The first-order valence-corrected chi connectivity index (χ1v) is 8.95. The maximum atomic E-state index is 12.9. The molecule has 0 radical (unpaired) electrons. The van der Waals surface area contributed by atoms with Crippen molar-refractivity contribution in [3.63, 3.8) is 0 Å². The van der Waals surface area contributed by atoms with Gasteiger partial charge >= 0.3 is 0 Å². The zero-order valence-corrected chi connectivity index (χ0v) is 14.2. The number of rotatable bonds is 3. The summed E-state index contributed by atoms with van der Waals surface area (Å²) >= 11 is 0. The van der Waals surface area contributed by atoms with Crippen LogP contribution in [0.4, 0.5) is 0 Å². The summed E-state index contributed by atoms with van der Waals surface area (Å²) in [6, 6.07) is 3.54. The average Bonchev–Trinajstić information content (AvgIpc) is 2.66. The Morgan fingerprint density at radius 1 is 1.14 bits per heavy atom. The minimum Gasteiger partial charge on any atom is -0.495 e. The van der Waals surface area contributed by atoms with Crippen molar-refractivity contribution in [3.05, 3.63) is 23.3 Å². The molecule has 1 saturated heterocycles. The van der Waals surface area contributed by atoms with Gasteiger partial charge in [-0.2, -0.15) is 4.31 Å². The van der Waals surface area contributed by atoms with E-state index in [0.29, 0.717) is 29.7 Å². The summed E-state index contributed by atoms with van der Waals surface area (Å²) in [5.74, 6) is 1.03. The number of nitrogens with zero attached hydrogens (tertiary/aromatic N) is 1. The molecule has 21 heavy (non-hydrogen) atoms. The van der Waals surface area contributed by atoms with Crippen LogP contribution in [-0.2, 0) is 10.0 Å². The van der Waals surface area contributed by atoms with Crippen LogP contribution in [0.5, 0.6) is 5.75 Å². The Bertz CT molecular complexity index is 610. The lowest BCUT2D eigenvalue weighted by atomic mass is 10.0. The third-order valence-corrected chi connectivity index (χ3v) is 6.29. The molecule has 1 aromatic rings. The first-order valence-electron chi connectivity index (χ1n) is 7.51. The summed E-state index contributed by atoms with van der Waals surface area (Å²) in [7, 11) is -1.96. The molecule has 0 aliphatic carbocycles. The standard InChI is InChI=1S/C16H25NO3S/c1-12-6-5-8-17(9-7-12)21(18,19)16-11-14(3)13(2)10-15(16)20-4/h10-12H,5-9H2,1-4H3. The quantitative estimate of drug-likeness (QED) is 0.861. The van der Waals surface area contributed by atoms with Gasteiger partial charge in [-0.05, 0) is 62.3 Å². The first kappa shape index (κ1) is 16.3. The van der Waals surface area contributed by atoms with Gasteiger partial charge in [0.05, 0.1) is 7.11 Å². The second-order valence-corrected chi connectivity index (χ2v) is 7.93. The molecular weight excluding hydrogens is 286 g/mol. The molecule has 4 nitrogen and oxygen atoms in total. The van der Waals surface area contributed by atoms with Gasteiger partial charge in [0.1, 0.15) is 10.6 Å².